The zero-order valence-corrected chi connectivity index (χ0v) is 12.8. The Labute approximate surface area is 121 Å². The number of likely N-dealkylation sites (tertiary alicyclic amines) is 1. The quantitative estimate of drug-likeness (QED) is 0.761. The van der Waals surface area contributed by atoms with Crippen LogP contribution < -0.4 is 0 Å². The molecule has 0 aromatic carbocycles. The van der Waals surface area contributed by atoms with Crippen molar-refractivity contribution in [2.75, 3.05) is 39.5 Å². The number of aromatic nitrogens is 2. The average Bonchev–Trinajstić information content (AvgIpc) is 3.00. The maximum atomic E-state index is 9.58. The first-order valence-electron chi connectivity index (χ1n) is 7.49. The van der Waals surface area contributed by atoms with Gasteiger partial charge in [0.25, 0.3) is 0 Å². The third kappa shape index (κ3) is 4.04. The van der Waals surface area contributed by atoms with Crippen molar-refractivity contribution in [2.24, 2.45) is 18.9 Å². The van der Waals surface area contributed by atoms with Crippen LogP contribution in [0.15, 0.2) is 12.4 Å². The molecule has 0 amide bonds. The molecular weight excluding hydrogens is 254 g/mol. The van der Waals surface area contributed by atoms with Gasteiger partial charge < -0.3 is 14.7 Å². The number of aliphatic hydroxyl groups is 1. The van der Waals surface area contributed by atoms with Gasteiger partial charge in [0, 0.05) is 57.9 Å². The van der Waals surface area contributed by atoms with Crippen molar-refractivity contribution in [1.29, 1.82) is 0 Å². The Kier molecular flexibility index (Phi) is 5.57. The molecule has 20 heavy (non-hydrogen) atoms. The highest BCUT2D eigenvalue weighted by Crippen LogP contribution is 2.31. The summed E-state index contributed by atoms with van der Waals surface area (Å²) in [5, 5.41) is 13.8. The zero-order valence-electron chi connectivity index (χ0n) is 12.8. The van der Waals surface area contributed by atoms with Gasteiger partial charge in [0.1, 0.15) is 0 Å². The first-order chi connectivity index (χ1) is 9.60. The normalized spacial score (nSPS) is 23.9. The van der Waals surface area contributed by atoms with E-state index in [0.29, 0.717) is 17.8 Å². The van der Waals surface area contributed by atoms with Crippen LogP contribution in [0, 0.1) is 11.8 Å². The highest BCUT2D eigenvalue weighted by molar-refractivity contribution is 5.16. The SMILES string of the molecule is CC(C)COCCN1C[C@@H](CO)[C@H](c2cnn(C)c2)C1. The average molecular weight is 281 g/mol. The molecule has 0 bridgehead atoms. The van der Waals surface area contributed by atoms with Gasteiger partial charge in [0.05, 0.1) is 12.8 Å². The maximum Gasteiger partial charge on any atom is 0.0593 e. The zero-order chi connectivity index (χ0) is 14.5. The Morgan fingerprint density at radius 1 is 1.45 bits per heavy atom. The van der Waals surface area contributed by atoms with Crippen LogP contribution in [0.3, 0.4) is 0 Å². The molecule has 1 N–H and O–H groups in total. The van der Waals surface area contributed by atoms with Crippen molar-refractivity contribution in [1.82, 2.24) is 14.7 Å². The molecule has 0 unspecified atom stereocenters. The van der Waals surface area contributed by atoms with Crippen LogP contribution >= 0.6 is 0 Å². The van der Waals surface area contributed by atoms with Crippen molar-refractivity contribution < 1.29 is 9.84 Å². The van der Waals surface area contributed by atoms with Crippen LogP contribution in [0.25, 0.3) is 0 Å². The molecule has 2 heterocycles. The van der Waals surface area contributed by atoms with E-state index in [9.17, 15) is 5.11 Å². The minimum Gasteiger partial charge on any atom is -0.396 e. The summed E-state index contributed by atoms with van der Waals surface area (Å²) in [4.78, 5) is 2.39. The van der Waals surface area contributed by atoms with E-state index in [1.165, 1.54) is 5.56 Å². The largest absolute Gasteiger partial charge is 0.396 e. The van der Waals surface area contributed by atoms with Gasteiger partial charge in [0.15, 0.2) is 0 Å². The molecule has 1 aromatic heterocycles. The van der Waals surface area contributed by atoms with E-state index in [1.807, 2.05) is 17.9 Å². The third-order valence-electron chi connectivity index (χ3n) is 3.91. The van der Waals surface area contributed by atoms with Gasteiger partial charge in [-0.25, -0.2) is 0 Å². The van der Waals surface area contributed by atoms with Crippen LogP contribution in [-0.2, 0) is 11.8 Å². The van der Waals surface area contributed by atoms with Crippen LogP contribution in [-0.4, -0.2) is 59.2 Å². The second-order valence-electron chi connectivity index (χ2n) is 6.22. The van der Waals surface area contributed by atoms with Crippen LogP contribution in [0.5, 0.6) is 0 Å². The molecule has 1 aliphatic rings. The second-order valence-corrected chi connectivity index (χ2v) is 6.22. The topological polar surface area (TPSA) is 50.5 Å². The molecule has 0 radical (unpaired) electrons. The van der Waals surface area contributed by atoms with Crippen LogP contribution in [0.1, 0.15) is 25.3 Å². The Morgan fingerprint density at radius 3 is 2.85 bits per heavy atom. The van der Waals surface area contributed by atoms with Crippen LogP contribution in [0.4, 0.5) is 0 Å². The van der Waals surface area contributed by atoms with E-state index in [4.69, 9.17) is 4.74 Å². The summed E-state index contributed by atoms with van der Waals surface area (Å²) in [5.41, 5.74) is 1.23. The fraction of sp³-hybridized carbons (Fsp3) is 0.800. The molecule has 114 valence electrons. The summed E-state index contributed by atoms with van der Waals surface area (Å²) in [6.45, 7) is 9.04. The Balaban J connectivity index is 1.83. The molecule has 1 aliphatic heterocycles. The van der Waals surface area contributed by atoms with E-state index >= 15 is 0 Å². The summed E-state index contributed by atoms with van der Waals surface area (Å²) in [6, 6.07) is 0. The number of aryl methyl sites for hydroxylation is 1. The summed E-state index contributed by atoms with van der Waals surface area (Å²) in [5.74, 6) is 1.28. The molecule has 5 heteroatoms. The van der Waals surface area contributed by atoms with Gasteiger partial charge in [-0.3, -0.25) is 4.68 Å². The number of rotatable bonds is 7. The lowest BCUT2D eigenvalue weighted by Crippen LogP contribution is -2.26. The van der Waals surface area contributed by atoms with Crippen LogP contribution in [0.2, 0.25) is 0 Å². The maximum absolute atomic E-state index is 9.58. The lowest BCUT2D eigenvalue weighted by atomic mass is 9.92. The van der Waals surface area contributed by atoms with Gasteiger partial charge in [-0.1, -0.05) is 13.8 Å². The number of ether oxygens (including phenoxy) is 1. The summed E-state index contributed by atoms with van der Waals surface area (Å²) in [7, 11) is 1.93. The smallest absolute Gasteiger partial charge is 0.0593 e. The fourth-order valence-corrected chi connectivity index (χ4v) is 2.85. The molecule has 2 rings (SSSR count). The fourth-order valence-electron chi connectivity index (χ4n) is 2.85. The van der Waals surface area contributed by atoms with Crippen molar-refractivity contribution in [3.63, 3.8) is 0 Å². The van der Waals surface area contributed by atoms with E-state index in [-0.39, 0.29) is 6.61 Å². The van der Waals surface area contributed by atoms with Crippen molar-refractivity contribution >= 4 is 0 Å². The summed E-state index contributed by atoms with van der Waals surface area (Å²) < 4.78 is 7.48. The minimum atomic E-state index is 0.239. The van der Waals surface area contributed by atoms with Gasteiger partial charge in [0.2, 0.25) is 0 Å². The lowest BCUT2D eigenvalue weighted by molar-refractivity contribution is 0.0893. The second kappa shape index (κ2) is 7.20. The van der Waals surface area contributed by atoms with Gasteiger partial charge >= 0.3 is 0 Å². The van der Waals surface area contributed by atoms with E-state index < -0.39 is 0 Å². The Hall–Kier alpha value is -0.910. The standard InChI is InChI=1S/C15H27N3O2/c1-12(2)11-20-5-4-18-8-14(10-19)15(9-18)13-6-16-17(3)7-13/h6-7,12,14-15,19H,4-5,8-11H2,1-3H3/t14-,15-/m0/s1. The van der Waals surface area contributed by atoms with Gasteiger partial charge in [-0.05, 0) is 11.5 Å². The van der Waals surface area contributed by atoms with Gasteiger partial charge in [-0.2, -0.15) is 5.10 Å². The molecule has 0 aliphatic carbocycles. The molecule has 1 aromatic rings. The lowest BCUT2D eigenvalue weighted by Gasteiger charge is -2.16. The molecule has 5 nitrogen and oxygen atoms in total. The van der Waals surface area contributed by atoms with Crippen molar-refractivity contribution in [3.8, 4) is 0 Å². The first-order valence-corrected chi connectivity index (χ1v) is 7.49. The summed E-state index contributed by atoms with van der Waals surface area (Å²) >= 11 is 0. The van der Waals surface area contributed by atoms with E-state index in [0.717, 1.165) is 32.8 Å². The predicted octanol–water partition coefficient (Wildman–Crippen LogP) is 1.10. The van der Waals surface area contributed by atoms with Gasteiger partial charge in [-0.15, -0.1) is 0 Å². The number of nitrogens with zero attached hydrogens (tertiary/aromatic N) is 3. The predicted molar refractivity (Wildman–Crippen MR) is 78.6 cm³/mol. The Morgan fingerprint density at radius 2 is 2.25 bits per heavy atom. The summed E-state index contributed by atoms with van der Waals surface area (Å²) in [6.07, 6.45) is 3.98. The third-order valence-corrected chi connectivity index (χ3v) is 3.91. The molecule has 1 saturated heterocycles. The number of hydrogen-bond acceptors (Lipinski definition) is 4. The first kappa shape index (κ1) is 15.5. The van der Waals surface area contributed by atoms with E-state index in [2.05, 4.69) is 30.0 Å². The highest BCUT2D eigenvalue weighted by atomic mass is 16.5. The molecule has 0 saturated carbocycles. The molecule has 1 fully saturated rings. The minimum absolute atomic E-state index is 0.239. The monoisotopic (exact) mass is 281 g/mol. The van der Waals surface area contributed by atoms with E-state index in [1.54, 1.807) is 0 Å². The molecule has 2 atom stereocenters. The van der Waals surface area contributed by atoms with Crippen molar-refractivity contribution in [2.45, 2.75) is 19.8 Å². The van der Waals surface area contributed by atoms with Crippen molar-refractivity contribution in [3.05, 3.63) is 18.0 Å². The molecule has 0 spiro atoms. The highest BCUT2D eigenvalue weighted by Gasteiger charge is 2.33. The number of hydrogen-bond donors (Lipinski definition) is 1. The Bertz CT molecular complexity index is 406. The molecular formula is C15H27N3O2. The number of aliphatic hydroxyl groups excluding tert-OH is 1.